The van der Waals surface area contributed by atoms with Gasteiger partial charge in [0, 0.05) is 31.2 Å². The Morgan fingerprint density at radius 2 is 2.04 bits per heavy atom. The van der Waals surface area contributed by atoms with Crippen LogP contribution in [0.4, 0.5) is 5.69 Å². The van der Waals surface area contributed by atoms with Crippen LogP contribution in [0, 0.1) is 0 Å². The molecule has 0 aliphatic carbocycles. The van der Waals surface area contributed by atoms with E-state index in [1.165, 1.54) is 6.20 Å². The fourth-order valence-electron chi connectivity index (χ4n) is 3.19. The molecule has 1 fully saturated rings. The molecule has 26 heavy (non-hydrogen) atoms. The lowest BCUT2D eigenvalue weighted by Gasteiger charge is -2.35. The van der Waals surface area contributed by atoms with Crippen molar-refractivity contribution in [2.75, 3.05) is 24.5 Å². The highest BCUT2D eigenvalue weighted by atomic mass is 35.5. The molecule has 1 amide bonds. The van der Waals surface area contributed by atoms with Crippen LogP contribution in [0.3, 0.4) is 0 Å². The number of rotatable bonds is 3. The molecule has 1 aliphatic heterocycles. The summed E-state index contributed by atoms with van der Waals surface area (Å²) in [5.41, 5.74) is 2.01. The second-order valence-electron chi connectivity index (χ2n) is 6.12. The first-order chi connectivity index (χ1) is 12.6. The van der Waals surface area contributed by atoms with E-state index < -0.39 is 5.56 Å². The molecule has 1 aromatic carbocycles. The van der Waals surface area contributed by atoms with Crippen LogP contribution in [0.15, 0.2) is 47.5 Å². The van der Waals surface area contributed by atoms with Crippen molar-refractivity contribution in [3.05, 3.63) is 63.7 Å². The molecule has 0 bridgehead atoms. The van der Waals surface area contributed by atoms with Gasteiger partial charge in [-0.2, -0.15) is 5.10 Å². The molecule has 1 aliphatic rings. The van der Waals surface area contributed by atoms with E-state index in [9.17, 15) is 9.59 Å². The monoisotopic (exact) mass is 369 g/mol. The number of aromatic nitrogens is 3. The molecule has 2 aromatic heterocycles. The lowest BCUT2D eigenvalue weighted by molar-refractivity contribution is -0.131. The van der Waals surface area contributed by atoms with Crippen molar-refractivity contribution in [1.82, 2.24) is 20.1 Å². The van der Waals surface area contributed by atoms with Gasteiger partial charge in [-0.3, -0.25) is 14.6 Å². The molecular formula is C18H16ClN5O2. The number of nitrogens with zero attached hydrogens (tertiary/aromatic N) is 4. The smallest absolute Gasteiger partial charge is 0.285 e. The number of piperazine rings is 1. The maximum atomic E-state index is 12.6. The zero-order valence-corrected chi connectivity index (χ0v) is 14.6. The fraction of sp³-hybridized carbons (Fsp3) is 0.222. The third-order valence-electron chi connectivity index (χ3n) is 4.53. The number of hydrogen-bond donors (Lipinski definition) is 1. The van der Waals surface area contributed by atoms with Gasteiger partial charge in [0.2, 0.25) is 5.91 Å². The Balaban J connectivity index is 1.53. The zero-order valence-electron chi connectivity index (χ0n) is 13.9. The standard InChI is InChI=1S/C18H16ClN5O2/c19-17-15(9-21-22-18(17)26)23-7-8-24(16(25)11-23)10-12-3-1-5-14-13(12)4-2-6-20-14/h1-6,9H,7-8,10-11H2,(H,22,26). The van der Waals surface area contributed by atoms with Crippen molar-refractivity contribution < 1.29 is 4.79 Å². The number of H-pyrrole nitrogens is 1. The number of fused-ring (bicyclic) bond motifs is 1. The summed E-state index contributed by atoms with van der Waals surface area (Å²) in [6.45, 7) is 1.81. The van der Waals surface area contributed by atoms with Crippen LogP contribution < -0.4 is 10.5 Å². The van der Waals surface area contributed by atoms with Crippen LogP contribution in [0.1, 0.15) is 5.56 Å². The summed E-state index contributed by atoms with van der Waals surface area (Å²) < 4.78 is 0. The van der Waals surface area contributed by atoms with Gasteiger partial charge in [0.1, 0.15) is 5.02 Å². The summed E-state index contributed by atoms with van der Waals surface area (Å²) in [5.74, 6) is -0.0199. The topological polar surface area (TPSA) is 82.2 Å². The van der Waals surface area contributed by atoms with E-state index in [0.717, 1.165) is 16.5 Å². The average molecular weight is 370 g/mol. The second-order valence-corrected chi connectivity index (χ2v) is 6.50. The van der Waals surface area contributed by atoms with Gasteiger partial charge < -0.3 is 9.80 Å². The van der Waals surface area contributed by atoms with E-state index in [4.69, 9.17) is 11.6 Å². The lowest BCUT2D eigenvalue weighted by atomic mass is 10.1. The zero-order chi connectivity index (χ0) is 18.1. The molecule has 1 N–H and O–H groups in total. The Bertz CT molecular complexity index is 1030. The Morgan fingerprint density at radius 1 is 1.15 bits per heavy atom. The fourth-order valence-corrected chi connectivity index (χ4v) is 3.40. The van der Waals surface area contributed by atoms with Crippen LogP contribution in [0.2, 0.25) is 5.02 Å². The largest absolute Gasteiger partial charge is 0.358 e. The van der Waals surface area contributed by atoms with Gasteiger partial charge in [-0.15, -0.1) is 0 Å². The van der Waals surface area contributed by atoms with Gasteiger partial charge in [0.15, 0.2) is 0 Å². The molecule has 3 heterocycles. The molecule has 0 atom stereocenters. The average Bonchev–Trinajstić information content (AvgIpc) is 2.66. The molecule has 0 spiro atoms. The van der Waals surface area contributed by atoms with E-state index in [-0.39, 0.29) is 17.5 Å². The van der Waals surface area contributed by atoms with Crippen molar-refractivity contribution >= 4 is 34.1 Å². The van der Waals surface area contributed by atoms with Gasteiger partial charge >= 0.3 is 0 Å². The van der Waals surface area contributed by atoms with E-state index in [1.54, 1.807) is 11.1 Å². The van der Waals surface area contributed by atoms with Crippen LogP contribution in [0.5, 0.6) is 0 Å². The van der Waals surface area contributed by atoms with Gasteiger partial charge in [0.25, 0.3) is 5.56 Å². The van der Waals surface area contributed by atoms with Crippen molar-refractivity contribution in [3.63, 3.8) is 0 Å². The molecular weight excluding hydrogens is 354 g/mol. The number of halogens is 1. The quantitative estimate of drug-likeness (QED) is 0.761. The van der Waals surface area contributed by atoms with Gasteiger partial charge in [-0.05, 0) is 17.7 Å². The minimum atomic E-state index is -0.456. The normalized spacial score (nSPS) is 14.9. The van der Waals surface area contributed by atoms with Gasteiger partial charge in [-0.25, -0.2) is 5.10 Å². The third kappa shape index (κ3) is 3.01. The number of amides is 1. The van der Waals surface area contributed by atoms with Crippen molar-refractivity contribution in [3.8, 4) is 0 Å². The number of carbonyl (C=O) groups excluding carboxylic acids is 1. The maximum absolute atomic E-state index is 12.6. The minimum absolute atomic E-state index is 0.0199. The van der Waals surface area contributed by atoms with Crippen LogP contribution in [0.25, 0.3) is 10.9 Å². The number of anilines is 1. The number of pyridine rings is 1. The first-order valence-corrected chi connectivity index (χ1v) is 8.60. The van der Waals surface area contributed by atoms with Gasteiger partial charge in [-0.1, -0.05) is 29.8 Å². The van der Waals surface area contributed by atoms with E-state index in [0.29, 0.717) is 25.3 Å². The molecule has 0 radical (unpaired) electrons. The van der Waals surface area contributed by atoms with Gasteiger partial charge in [0.05, 0.1) is 23.9 Å². The summed E-state index contributed by atoms with van der Waals surface area (Å²) in [6.07, 6.45) is 3.23. The molecule has 132 valence electrons. The highest BCUT2D eigenvalue weighted by Crippen LogP contribution is 2.24. The maximum Gasteiger partial charge on any atom is 0.285 e. The molecule has 8 heteroatoms. The summed E-state index contributed by atoms with van der Waals surface area (Å²) in [7, 11) is 0. The SMILES string of the molecule is O=C1CN(c2cn[nH]c(=O)c2Cl)CCN1Cc1cccc2ncccc12. The molecule has 0 saturated carbocycles. The van der Waals surface area contributed by atoms with Crippen LogP contribution in [-0.2, 0) is 11.3 Å². The van der Waals surface area contributed by atoms with Crippen molar-refractivity contribution in [2.24, 2.45) is 0 Å². The summed E-state index contributed by atoms with van der Waals surface area (Å²) >= 11 is 6.05. The molecule has 7 nitrogen and oxygen atoms in total. The summed E-state index contributed by atoms with van der Waals surface area (Å²) in [4.78, 5) is 32.2. The Hall–Kier alpha value is -2.93. The van der Waals surface area contributed by atoms with E-state index in [1.807, 2.05) is 35.2 Å². The molecule has 1 saturated heterocycles. The highest BCUT2D eigenvalue weighted by Gasteiger charge is 2.26. The summed E-state index contributed by atoms with van der Waals surface area (Å²) in [5, 5.41) is 7.16. The van der Waals surface area contributed by atoms with Crippen LogP contribution in [-0.4, -0.2) is 45.6 Å². The first kappa shape index (κ1) is 16.5. The van der Waals surface area contributed by atoms with E-state index in [2.05, 4.69) is 15.2 Å². The minimum Gasteiger partial charge on any atom is -0.358 e. The number of benzene rings is 1. The van der Waals surface area contributed by atoms with Crippen LogP contribution >= 0.6 is 11.6 Å². The first-order valence-electron chi connectivity index (χ1n) is 8.22. The predicted molar refractivity (Wildman–Crippen MR) is 99.2 cm³/mol. The predicted octanol–water partition coefficient (Wildman–Crippen LogP) is 1.82. The number of aromatic amines is 1. The highest BCUT2D eigenvalue weighted by molar-refractivity contribution is 6.33. The van der Waals surface area contributed by atoms with E-state index >= 15 is 0 Å². The third-order valence-corrected chi connectivity index (χ3v) is 4.90. The Labute approximate surface area is 154 Å². The lowest BCUT2D eigenvalue weighted by Crippen LogP contribution is -2.50. The van der Waals surface area contributed by atoms with Crippen molar-refractivity contribution in [2.45, 2.75) is 6.54 Å². The Morgan fingerprint density at radius 3 is 2.88 bits per heavy atom. The number of carbonyl (C=O) groups is 1. The summed E-state index contributed by atoms with van der Waals surface area (Å²) in [6, 6.07) is 9.84. The Kier molecular flexibility index (Phi) is 4.30. The number of nitrogens with one attached hydrogen (secondary N) is 1. The number of hydrogen-bond acceptors (Lipinski definition) is 5. The molecule has 0 unspecified atom stereocenters. The van der Waals surface area contributed by atoms with Crippen molar-refractivity contribution in [1.29, 1.82) is 0 Å². The second kappa shape index (κ2) is 6.76. The molecule has 4 rings (SSSR count). The molecule has 3 aromatic rings.